The van der Waals surface area contributed by atoms with Gasteiger partial charge in [0.2, 0.25) is 47.3 Å². The maximum absolute atomic E-state index is 13.9. The second kappa shape index (κ2) is 25.4. The molecule has 2 rings (SSSR count). The number of carbonyl (C=O) groups is 10. The van der Waals surface area contributed by atoms with Gasteiger partial charge in [0.05, 0.1) is 19.3 Å². The molecule has 23 heteroatoms. The molecule has 0 spiro atoms. The van der Waals surface area contributed by atoms with Crippen molar-refractivity contribution in [2.75, 3.05) is 19.8 Å². The number of nitrogens with zero attached hydrogens (tertiary/aromatic N) is 1. The second-order valence-electron chi connectivity index (χ2n) is 15.9. The lowest BCUT2D eigenvalue weighted by Crippen LogP contribution is -2.61. The minimum Gasteiger partial charge on any atom is -0.481 e. The Balaban J connectivity index is 2.19. The van der Waals surface area contributed by atoms with Gasteiger partial charge in [0.1, 0.15) is 42.3 Å². The summed E-state index contributed by atoms with van der Waals surface area (Å²) in [7, 11) is 0. The number of carboxylic acid groups (broad SMARTS) is 2. The quantitative estimate of drug-likeness (QED) is 0.0417. The zero-order valence-electron chi connectivity index (χ0n) is 34.7. The SMILES string of the molecule is CC(C)C[C@H](NC(=O)[C@H](CO)NC(=O)[C@H](CCC(N)=O)NC(=O)[C@H](NC(=O)[C@H](CO)NC(=O)[C@H](C)NC(=O)[C@@H]1CC(O)CN1C(=O)CCCC(=O)O)C1CCCCC1)C(=O)O. The summed E-state index contributed by atoms with van der Waals surface area (Å²) >= 11 is 0. The number of primary amides is 1. The van der Waals surface area contributed by atoms with E-state index in [0.717, 1.165) is 11.3 Å². The first-order chi connectivity index (χ1) is 28.7. The van der Waals surface area contributed by atoms with E-state index < -0.39 is 133 Å². The van der Waals surface area contributed by atoms with Crippen molar-refractivity contribution in [2.24, 2.45) is 17.6 Å². The van der Waals surface area contributed by atoms with E-state index in [1.165, 1.54) is 6.92 Å². The van der Waals surface area contributed by atoms with Crippen molar-refractivity contribution in [3.63, 3.8) is 0 Å². The summed E-state index contributed by atoms with van der Waals surface area (Å²) in [5.74, 6) is -10.2. The van der Waals surface area contributed by atoms with Gasteiger partial charge < -0.3 is 68.1 Å². The highest BCUT2D eigenvalue weighted by molar-refractivity contribution is 5.97. The van der Waals surface area contributed by atoms with Crippen LogP contribution in [0.5, 0.6) is 0 Å². The molecule has 1 heterocycles. The van der Waals surface area contributed by atoms with Gasteiger partial charge in [-0.25, -0.2) is 4.79 Å². The van der Waals surface area contributed by atoms with Gasteiger partial charge in [-0.1, -0.05) is 33.1 Å². The van der Waals surface area contributed by atoms with E-state index in [0.29, 0.717) is 25.7 Å². The van der Waals surface area contributed by atoms with Crippen molar-refractivity contribution in [1.82, 2.24) is 36.8 Å². The number of hydrogen-bond acceptors (Lipinski definition) is 13. The van der Waals surface area contributed by atoms with Crippen LogP contribution in [0.15, 0.2) is 0 Å². The molecule has 0 radical (unpaired) electrons. The van der Waals surface area contributed by atoms with Crippen LogP contribution in [-0.4, -0.2) is 158 Å². The molecule has 1 aliphatic heterocycles. The predicted molar refractivity (Wildman–Crippen MR) is 211 cm³/mol. The minimum atomic E-state index is -1.66. The summed E-state index contributed by atoms with van der Waals surface area (Å²) in [6.07, 6.45) is 0.703. The summed E-state index contributed by atoms with van der Waals surface area (Å²) in [5, 5.41) is 62.9. The Labute approximate surface area is 352 Å². The van der Waals surface area contributed by atoms with Gasteiger partial charge in [-0.3, -0.25) is 43.2 Å². The third kappa shape index (κ3) is 17.2. The predicted octanol–water partition coefficient (Wildman–Crippen LogP) is -3.91. The Hall–Kier alpha value is -5.42. The lowest BCUT2D eigenvalue weighted by atomic mass is 9.83. The van der Waals surface area contributed by atoms with E-state index in [9.17, 15) is 68.4 Å². The van der Waals surface area contributed by atoms with Gasteiger partial charge in [0, 0.05) is 32.2 Å². The maximum Gasteiger partial charge on any atom is 0.326 e. The molecule has 1 aliphatic carbocycles. The first kappa shape index (κ1) is 51.7. The smallest absolute Gasteiger partial charge is 0.326 e. The van der Waals surface area contributed by atoms with Crippen LogP contribution in [0.2, 0.25) is 0 Å². The molecule has 0 aromatic rings. The highest BCUT2D eigenvalue weighted by atomic mass is 16.4. The largest absolute Gasteiger partial charge is 0.481 e. The van der Waals surface area contributed by atoms with E-state index in [-0.39, 0.29) is 51.0 Å². The molecule has 1 saturated heterocycles. The summed E-state index contributed by atoms with van der Waals surface area (Å²) in [6.45, 7) is 2.62. The fourth-order valence-electron chi connectivity index (χ4n) is 7.11. The molecule has 2 fully saturated rings. The van der Waals surface area contributed by atoms with E-state index in [4.69, 9.17) is 10.8 Å². The van der Waals surface area contributed by atoms with Crippen LogP contribution in [-0.2, 0) is 47.9 Å². The van der Waals surface area contributed by atoms with E-state index in [1.807, 2.05) is 0 Å². The van der Waals surface area contributed by atoms with Gasteiger partial charge in [-0.15, -0.1) is 0 Å². The molecular formula is C38H62N8O15. The third-order valence-corrected chi connectivity index (χ3v) is 10.4. The highest BCUT2D eigenvalue weighted by Crippen LogP contribution is 2.27. The zero-order valence-corrected chi connectivity index (χ0v) is 34.7. The molecule has 23 nitrogen and oxygen atoms in total. The topological polar surface area (TPSA) is 373 Å². The van der Waals surface area contributed by atoms with Gasteiger partial charge in [-0.2, -0.15) is 0 Å². The molecular weight excluding hydrogens is 808 g/mol. The number of amides is 8. The van der Waals surface area contributed by atoms with Crippen LogP contribution in [0, 0.1) is 11.8 Å². The molecule has 1 unspecified atom stereocenters. The molecule has 0 bridgehead atoms. The lowest BCUT2D eigenvalue weighted by Gasteiger charge is -2.32. The molecule has 8 amide bonds. The minimum absolute atomic E-state index is 0.00873. The first-order valence-corrected chi connectivity index (χ1v) is 20.4. The van der Waals surface area contributed by atoms with Crippen LogP contribution >= 0.6 is 0 Å². The number of aliphatic hydroxyl groups excluding tert-OH is 3. The van der Waals surface area contributed by atoms with E-state index in [2.05, 4.69) is 31.9 Å². The molecule has 8 atom stereocenters. The number of carboxylic acids is 2. The maximum atomic E-state index is 13.9. The van der Waals surface area contributed by atoms with Crippen LogP contribution in [0.25, 0.3) is 0 Å². The van der Waals surface area contributed by atoms with Crippen LogP contribution < -0.4 is 37.6 Å². The summed E-state index contributed by atoms with van der Waals surface area (Å²) in [4.78, 5) is 128. The van der Waals surface area contributed by atoms with Gasteiger partial charge in [0.15, 0.2) is 0 Å². The lowest BCUT2D eigenvalue weighted by molar-refractivity contribution is -0.143. The summed E-state index contributed by atoms with van der Waals surface area (Å²) < 4.78 is 0. The monoisotopic (exact) mass is 870 g/mol. The number of nitrogens with two attached hydrogens (primary N) is 1. The normalized spacial score (nSPS) is 19.6. The number of aliphatic carboxylic acids is 2. The van der Waals surface area contributed by atoms with Crippen molar-refractivity contribution in [3.8, 4) is 0 Å². The number of hydrogen-bond donors (Lipinski definition) is 12. The van der Waals surface area contributed by atoms with Gasteiger partial charge >= 0.3 is 11.9 Å². The Morgan fingerprint density at radius 2 is 1.21 bits per heavy atom. The van der Waals surface area contributed by atoms with Crippen molar-refractivity contribution < 1.29 is 73.5 Å². The molecule has 2 aliphatic rings. The molecule has 1 saturated carbocycles. The fourth-order valence-corrected chi connectivity index (χ4v) is 7.11. The Morgan fingerprint density at radius 1 is 0.672 bits per heavy atom. The van der Waals surface area contributed by atoms with Crippen LogP contribution in [0.1, 0.15) is 97.8 Å². The Morgan fingerprint density at radius 3 is 1.75 bits per heavy atom. The average Bonchev–Trinajstić information content (AvgIpc) is 3.60. The van der Waals surface area contributed by atoms with E-state index in [1.54, 1.807) is 13.8 Å². The standard InChI is InChI=1S/C38H62N8O15/c1-19(2)14-24(38(60)61)42-34(56)25(17-47)44-33(55)23(12-13-28(39)50)41-37(59)31(21-8-5-4-6-9-21)45-35(57)26(18-48)43-32(54)20(3)40-36(58)27-15-22(49)16-46(27)29(51)10-7-11-30(52)53/h19-27,31,47-49H,4-18H2,1-3H3,(H2,39,50)(H,40,58)(H,41,59)(H,42,56)(H,43,54)(H,44,55)(H,45,57)(H,52,53)(H,60,61)/t20-,22?,23-,24-,25-,26-,27-,31+/m0/s1. The summed E-state index contributed by atoms with van der Waals surface area (Å²) in [6, 6.07) is -10.1. The number of β-amino-alcohol motifs (C(OH)–C–C–N with tert-alkyl or cyclic N) is 1. The fraction of sp³-hybridized carbons (Fsp3) is 0.737. The van der Waals surface area contributed by atoms with Gasteiger partial charge in [0.25, 0.3) is 0 Å². The Kier molecular flexibility index (Phi) is 21.5. The van der Waals surface area contributed by atoms with Crippen LogP contribution in [0.4, 0.5) is 0 Å². The second-order valence-corrected chi connectivity index (χ2v) is 15.9. The number of aliphatic hydroxyl groups is 3. The van der Waals surface area contributed by atoms with Crippen LogP contribution in [0.3, 0.4) is 0 Å². The number of rotatable bonds is 25. The van der Waals surface area contributed by atoms with Crippen molar-refractivity contribution in [2.45, 2.75) is 146 Å². The van der Waals surface area contributed by atoms with Crippen molar-refractivity contribution >= 4 is 59.2 Å². The number of carbonyl (C=O) groups excluding carboxylic acids is 8. The molecule has 344 valence electrons. The first-order valence-electron chi connectivity index (χ1n) is 20.4. The zero-order chi connectivity index (χ0) is 46.0. The molecule has 13 N–H and O–H groups in total. The van der Waals surface area contributed by atoms with E-state index >= 15 is 0 Å². The van der Waals surface area contributed by atoms with Gasteiger partial charge in [-0.05, 0) is 50.9 Å². The average molecular weight is 871 g/mol. The number of likely N-dealkylation sites (tertiary alicyclic amines) is 1. The highest BCUT2D eigenvalue weighted by Gasteiger charge is 2.40. The summed E-state index contributed by atoms with van der Waals surface area (Å²) in [5.41, 5.74) is 5.30. The third-order valence-electron chi connectivity index (χ3n) is 10.4. The molecule has 0 aromatic carbocycles. The molecule has 0 aromatic heterocycles. The van der Waals surface area contributed by atoms with Crippen molar-refractivity contribution in [1.29, 1.82) is 0 Å². The molecule has 61 heavy (non-hydrogen) atoms. The number of nitrogens with one attached hydrogen (secondary N) is 6. The van der Waals surface area contributed by atoms with Crippen molar-refractivity contribution in [3.05, 3.63) is 0 Å². The Bertz CT molecular complexity index is 1590.